The van der Waals surface area contributed by atoms with Crippen molar-refractivity contribution in [2.45, 2.75) is 39.5 Å². The van der Waals surface area contributed by atoms with Crippen LogP contribution in [0.25, 0.3) is 0 Å². The van der Waals surface area contributed by atoms with E-state index in [9.17, 15) is 9.59 Å². The first-order valence-corrected chi connectivity index (χ1v) is 6.95. The molecule has 1 saturated heterocycles. The fourth-order valence-electron chi connectivity index (χ4n) is 2.11. The number of ether oxygens (including phenoxy) is 2. The average Bonchev–Trinajstić information content (AvgIpc) is 2.38. The first-order valence-electron chi connectivity index (χ1n) is 6.95. The van der Waals surface area contributed by atoms with Crippen LogP contribution >= 0.6 is 0 Å². The van der Waals surface area contributed by atoms with Crippen LogP contribution in [0.5, 0.6) is 0 Å². The van der Waals surface area contributed by atoms with Crippen molar-refractivity contribution in [1.82, 2.24) is 4.90 Å². The number of allylic oxidation sites excluding steroid dienone is 1. The van der Waals surface area contributed by atoms with E-state index in [4.69, 9.17) is 9.47 Å². The van der Waals surface area contributed by atoms with Gasteiger partial charge in [-0.2, -0.15) is 0 Å². The number of likely N-dealkylation sites (tertiary alicyclic amines) is 1. The van der Waals surface area contributed by atoms with Crippen molar-refractivity contribution in [3.63, 3.8) is 0 Å². The zero-order chi connectivity index (χ0) is 14.1. The molecule has 19 heavy (non-hydrogen) atoms. The zero-order valence-corrected chi connectivity index (χ0v) is 11.8. The SMILES string of the molecule is CCOC(=O)/C=C1\CCCCN1CCC(=O)OCC. The number of hydrogen-bond donors (Lipinski definition) is 0. The second-order valence-corrected chi connectivity index (χ2v) is 4.39. The van der Waals surface area contributed by atoms with Gasteiger partial charge in [0.25, 0.3) is 0 Å². The minimum absolute atomic E-state index is 0.191. The summed E-state index contributed by atoms with van der Waals surface area (Å²) in [6.07, 6.45) is 4.92. The van der Waals surface area contributed by atoms with Crippen molar-refractivity contribution in [2.75, 3.05) is 26.3 Å². The molecule has 0 atom stereocenters. The predicted octanol–water partition coefficient (Wildman–Crippen LogP) is 1.87. The standard InChI is InChI=1S/C14H23NO4/c1-3-18-13(16)8-10-15-9-6-5-7-12(15)11-14(17)19-4-2/h11H,3-10H2,1-2H3/b12-11+. The normalized spacial score (nSPS) is 17.4. The third-order valence-corrected chi connectivity index (χ3v) is 2.98. The molecular formula is C14H23NO4. The van der Waals surface area contributed by atoms with Gasteiger partial charge in [-0.1, -0.05) is 0 Å². The summed E-state index contributed by atoms with van der Waals surface area (Å²) in [5, 5.41) is 0. The van der Waals surface area contributed by atoms with E-state index in [-0.39, 0.29) is 11.9 Å². The Balaban J connectivity index is 2.52. The van der Waals surface area contributed by atoms with Crippen LogP contribution < -0.4 is 0 Å². The molecule has 0 spiro atoms. The van der Waals surface area contributed by atoms with Crippen molar-refractivity contribution in [3.05, 3.63) is 11.8 Å². The molecule has 0 aromatic rings. The first-order chi connectivity index (χ1) is 9.17. The van der Waals surface area contributed by atoms with E-state index >= 15 is 0 Å². The Morgan fingerprint density at radius 2 is 1.95 bits per heavy atom. The van der Waals surface area contributed by atoms with E-state index in [0.717, 1.165) is 31.5 Å². The van der Waals surface area contributed by atoms with Gasteiger partial charge in [0.2, 0.25) is 0 Å². The molecule has 1 aliphatic rings. The molecule has 0 radical (unpaired) electrons. The van der Waals surface area contributed by atoms with Crippen LogP contribution in [0.15, 0.2) is 11.8 Å². The third-order valence-electron chi connectivity index (χ3n) is 2.98. The fraction of sp³-hybridized carbons (Fsp3) is 0.714. The monoisotopic (exact) mass is 269 g/mol. The van der Waals surface area contributed by atoms with Crippen LogP contribution in [0.2, 0.25) is 0 Å². The predicted molar refractivity (Wildman–Crippen MR) is 71.4 cm³/mol. The van der Waals surface area contributed by atoms with Crippen LogP contribution in [-0.4, -0.2) is 43.1 Å². The van der Waals surface area contributed by atoms with Gasteiger partial charge in [-0.3, -0.25) is 4.79 Å². The van der Waals surface area contributed by atoms with Crippen molar-refractivity contribution < 1.29 is 19.1 Å². The molecule has 0 amide bonds. The van der Waals surface area contributed by atoms with Crippen LogP contribution in [0, 0.1) is 0 Å². The lowest BCUT2D eigenvalue weighted by molar-refractivity contribution is -0.143. The summed E-state index contributed by atoms with van der Waals surface area (Å²) in [7, 11) is 0. The second-order valence-electron chi connectivity index (χ2n) is 4.39. The Bertz CT molecular complexity index is 338. The molecule has 0 bridgehead atoms. The maximum atomic E-state index is 11.5. The highest BCUT2D eigenvalue weighted by Gasteiger charge is 2.17. The Kier molecular flexibility index (Phi) is 7.00. The summed E-state index contributed by atoms with van der Waals surface area (Å²) in [5.41, 5.74) is 0.967. The smallest absolute Gasteiger partial charge is 0.332 e. The molecule has 5 nitrogen and oxygen atoms in total. The van der Waals surface area contributed by atoms with E-state index in [0.29, 0.717) is 26.2 Å². The van der Waals surface area contributed by atoms with Gasteiger partial charge < -0.3 is 14.4 Å². The van der Waals surface area contributed by atoms with E-state index in [1.54, 1.807) is 19.9 Å². The van der Waals surface area contributed by atoms with E-state index in [1.165, 1.54) is 0 Å². The van der Waals surface area contributed by atoms with E-state index in [1.807, 2.05) is 0 Å². The topological polar surface area (TPSA) is 55.8 Å². The molecule has 0 unspecified atom stereocenters. The van der Waals surface area contributed by atoms with Gasteiger partial charge in [-0.25, -0.2) is 4.79 Å². The Labute approximate surface area is 114 Å². The van der Waals surface area contributed by atoms with E-state index in [2.05, 4.69) is 4.90 Å². The number of piperidine rings is 1. The third kappa shape index (κ3) is 5.77. The molecule has 0 aromatic heterocycles. The highest BCUT2D eigenvalue weighted by atomic mass is 16.5. The number of hydrogen-bond acceptors (Lipinski definition) is 5. The number of rotatable bonds is 6. The lowest BCUT2D eigenvalue weighted by Crippen LogP contribution is -2.31. The first kappa shape index (κ1) is 15.5. The molecule has 0 aliphatic carbocycles. The molecule has 0 saturated carbocycles. The van der Waals surface area contributed by atoms with E-state index < -0.39 is 0 Å². The molecule has 1 fully saturated rings. The molecule has 1 aliphatic heterocycles. The van der Waals surface area contributed by atoms with Crippen LogP contribution in [0.1, 0.15) is 39.5 Å². The van der Waals surface area contributed by atoms with Crippen LogP contribution in [0.4, 0.5) is 0 Å². The van der Waals surface area contributed by atoms with Crippen LogP contribution in [-0.2, 0) is 19.1 Å². The molecule has 1 rings (SSSR count). The molecular weight excluding hydrogens is 246 g/mol. The number of esters is 2. The Morgan fingerprint density at radius 1 is 1.21 bits per heavy atom. The minimum Gasteiger partial charge on any atom is -0.466 e. The van der Waals surface area contributed by atoms with Gasteiger partial charge >= 0.3 is 11.9 Å². The second kappa shape index (κ2) is 8.56. The van der Waals surface area contributed by atoms with Gasteiger partial charge in [-0.05, 0) is 33.1 Å². The molecule has 0 aromatic carbocycles. The summed E-state index contributed by atoms with van der Waals surface area (Å²) in [6.45, 7) is 5.85. The number of carbonyl (C=O) groups excluding carboxylic acids is 2. The highest BCUT2D eigenvalue weighted by Crippen LogP contribution is 2.20. The van der Waals surface area contributed by atoms with Crippen LogP contribution in [0.3, 0.4) is 0 Å². The van der Waals surface area contributed by atoms with Gasteiger partial charge in [-0.15, -0.1) is 0 Å². The Morgan fingerprint density at radius 3 is 2.63 bits per heavy atom. The summed E-state index contributed by atoms with van der Waals surface area (Å²) in [6, 6.07) is 0. The zero-order valence-electron chi connectivity index (χ0n) is 11.8. The number of carbonyl (C=O) groups is 2. The van der Waals surface area contributed by atoms with Gasteiger partial charge in [0.05, 0.1) is 19.6 Å². The maximum absolute atomic E-state index is 11.5. The summed E-state index contributed by atoms with van der Waals surface area (Å²) in [5.74, 6) is -0.496. The lowest BCUT2D eigenvalue weighted by atomic mass is 10.1. The van der Waals surface area contributed by atoms with Crippen molar-refractivity contribution >= 4 is 11.9 Å². The van der Waals surface area contributed by atoms with Crippen molar-refractivity contribution in [3.8, 4) is 0 Å². The lowest BCUT2D eigenvalue weighted by Gasteiger charge is -2.31. The molecule has 0 N–H and O–H groups in total. The number of nitrogens with zero attached hydrogens (tertiary/aromatic N) is 1. The minimum atomic E-state index is -0.305. The van der Waals surface area contributed by atoms with Crippen molar-refractivity contribution in [1.29, 1.82) is 0 Å². The fourth-order valence-corrected chi connectivity index (χ4v) is 2.11. The summed E-state index contributed by atoms with van der Waals surface area (Å²) < 4.78 is 9.83. The highest BCUT2D eigenvalue weighted by molar-refractivity contribution is 5.82. The average molecular weight is 269 g/mol. The molecule has 108 valence electrons. The van der Waals surface area contributed by atoms with Gasteiger partial charge in [0, 0.05) is 24.9 Å². The Hall–Kier alpha value is -1.52. The van der Waals surface area contributed by atoms with Gasteiger partial charge in [0.1, 0.15) is 0 Å². The molecule has 5 heteroatoms. The molecule has 1 heterocycles. The maximum Gasteiger partial charge on any atom is 0.332 e. The van der Waals surface area contributed by atoms with Crippen molar-refractivity contribution in [2.24, 2.45) is 0 Å². The summed E-state index contributed by atoms with van der Waals surface area (Å²) in [4.78, 5) is 24.9. The largest absolute Gasteiger partial charge is 0.466 e. The summed E-state index contributed by atoms with van der Waals surface area (Å²) >= 11 is 0. The quantitative estimate of drug-likeness (QED) is 0.544. The van der Waals surface area contributed by atoms with Gasteiger partial charge in [0.15, 0.2) is 0 Å².